The summed E-state index contributed by atoms with van der Waals surface area (Å²) in [5, 5.41) is 6.03. The van der Waals surface area contributed by atoms with Crippen molar-refractivity contribution >= 4 is 11.5 Å². The number of rotatable bonds is 13. The third-order valence-electron chi connectivity index (χ3n) is 4.28. The van der Waals surface area contributed by atoms with Crippen LogP contribution in [0.25, 0.3) is 11.3 Å². The van der Waals surface area contributed by atoms with Crippen LogP contribution < -0.4 is 4.74 Å². The van der Waals surface area contributed by atoms with Crippen molar-refractivity contribution in [2.75, 3.05) is 6.61 Å². The van der Waals surface area contributed by atoms with E-state index in [0.717, 1.165) is 30.0 Å². The van der Waals surface area contributed by atoms with Crippen LogP contribution in [0, 0.1) is 0 Å². The van der Waals surface area contributed by atoms with Crippen LogP contribution >= 0.6 is 11.5 Å². The van der Waals surface area contributed by atoms with Crippen molar-refractivity contribution in [1.29, 1.82) is 0 Å². The molecule has 0 N–H and O–H groups in total. The average molecular weight is 347 g/mol. The molecule has 3 nitrogen and oxygen atoms in total. The van der Waals surface area contributed by atoms with Gasteiger partial charge in [0, 0.05) is 10.9 Å². The third-order valence-corrected chi connectivity index (χ3v) is 4.78. The van der Waals surface area contributed by atoms with Crippen molar-refractivity contribution in [3.05, 3.63) is 29.6 Å². The highest BCUT2D eigenvalue weighted by molar-refractivity contribution is 7.03. The summed E-state index contributed by atoms with van der Waals surface area (Å²) in [6.07, 6.45) is 13.5. The minimum atomic E-state index is 0.814. The molecule has 0 saturated carbocycles. The molecule has 1 aromatic heterocycles. The standard InChI is InChI=1S/C20H30N2OS/c1-2-3-4-5-6-7-8-9-10-11-16-23-19-14-12-18(13-15-19)20-17-24-22-21-20/h12-15,17H,2-11,16H2,1H3. The Kier molecular flexibility index (Phi) is 9.47. The first-order valence-electron chi connectivity index (χ1n) is 9.40. The summed E-state index contributed by atoms with van der Waals surface area (Å²) in [5.41, 5.74) is 2.02. The summed E-state index contributed by atoms with van der Waals surface area (Å²) >= 11 is 1.38. The number of unbranched alkanes of at least 4 members (excludes halogenated alkanes) is 9. The first kappa shape index (κ1) is 18.9. The maximum atomic E-state index is 5.82. The summed E-state index contributed by atoms with van der Waals surface area (Å²) in [6, 6.07) is 8.13. The highest BCUT2D eigenvalue weighted by Gasteiger charge is 2.01. The lowest BCUT2D eigenvalue weighted by molar-refractivity contribution is 0.304. The average Bonchev–Trinajstić information content (AvgIpc) is 3.15. The Hall–Kier alpha value is -1.42. The van der Waals surface area contributed by atoms with Crippen molar-refractivity contribution in [1.82, 2.24) is 9.59 Å². The van der Waals surface area contributed by atoms with Crippen LogP contribution in [0.3, 0.4) is 0 Å². The van der Waals surface area contributed by atoms with Gasteiger partial charge >= 0.3 is 0 Å². The molecule has 0 amide bonds. The van der Waals surface area contributed by atoms with Crippen molar-refractivity contribution in [3.63, 3.8) is 0 Å². The van der Waals surface area contributed by atoms with E-state index in [0.29, 0.717) is 0 Å². The predicted octanol–water partition coefficient (Wildman–Crippen LogP) is 6.50. The summed E-state index contributed by atoms with van der Waals surface area (Å²) in [7, 11) is 0. The molecule has 0 spiro atoms. The second kappa shape index (κ2) is 12.0. The van der Waals surface area contributed by atoms with Crippen LogP contribution in [0.1, 0.15) is 71.1 Å². The second-order valence-electron chi connectivity index (χ2n) is 6.34. The van der Waals surface area contributed by atoms with Crippen LogP contribution in [-0.4, -0.2) is 16.2 Å². The third kappa shape index (κ3) is 7.43. The maximum Gasteiger partial charge on any atom is 0.119 e. The molecule has 2 aromatic rings. The summed E-state index contributed by atoms with van der Waals surface area (Å²) in [6.45, 7) is 3.09. The highest BCUT2D eigenvalue weighted by atomic mass is 32.1. The number of hydrogen-bond acceptors (Lipinski definition) is 4. The quantitative estimate of drug-likeness (QED) is 0.388. The number of hydrogen-bond donors (Lipinski definition) is 0. The Morgan fingerprint density at radius 3 is 2.04 bits per heavy atom. The molecule has 24 heavy (non-hydrogen) atoms. The van der Waals surface area contributed by atoms with E-state index in [1.54, 1.807) is 0 Å². The molecule has 0 unspecified atom stereocenters. The van der Waals surface area contributed by atoms with E-state index in [-0.39, 0.29) is 0 Å². The minimum absolute atomic E-state index is 0.814. The van der Waals surface area contributed by atoms with E-state index in [4.69, 9.17) is 4.74 Å². The van der Waals surface area contributed by atoms with Gasteiger partial charge in [-0.2, -0.15) is 0 Å². The zero-order valence-electron chi connectivity index (χ0n) is 14.9. The van der Waals surface area contributed by atoms with Gasteiger partial charge in [-0.1, -0.05) is 69.2 Å². The van der Waals surface area contributed by atoms with Crippen molar-refractivity contribution in [2.45, 2.75) is 71.1 Å². The number of nitrogens with zero attached hydrogens (tertiary/aromatic N) is 2. The molecule has 0 atom stereocenters. The van der Waals surface area contributed by atoms with Gasteiger partial charge in [0.05, 0.1) is 6.61 Å². The molecule has 4 heteroatoms. The zero-order valence-corrected chi connectivity index (χ0v) is 15.7. The highest BCUT2D eigenvalue weighted by Crippen LogP contribution is 2.21. The maximum absolute atomic E-state index is 5.82. The Bertz CT molecular complexity index is 525. The lowest BCUT2D eigenvalue weighted by Crippen LogP contribution is -1.97. The van der Waals surface area contributed by atoms with E-state index >= 15 is 0 Å². The fraction of sp³-hybridized carbons (Fsp3) is 0.600. The van der Waals surface area contributed by atoms with Gasteiger partial charge in [0.1, 0.15) is 11.4 Å². The second-order valence-corrected chi connectivity index (χ2v) is 6.95. The summed E-state index contributed by atoms with van der Waals surface area (Å²) < 4.78 is 9.71. The topological polar surface area (TPSA) is 35.0 Å². The van der Waals surface area contributed by atoms with E-state index in [1.165, 1.54) is 69.3 Å². The molecule has 1 heterocycles. The van der Waals surface area contributed by atoms with E-state index < -0.39 is 0 Å². The Balaban J connectivity index is 1.47. The molecule has 0 radical (unpaired) electrons. The van der Waals surface area contributed by atoms with Gasteiger partial charge in [0.2, 0.25) is 0 Å². The molecule has 0 bridgehead atoms. The molecule has 0 aliphatic carbocycles. The predicted molar refractivity (Wildman–Crippen MR) is 103 cm³/mol. The van der Waals surface area contributed by atoms with Crippen molar-refractivity contribution in [3.8, 4) is 17.0 Å². The normalized spacial score (nSPS) is 10.9. The molecule has 0 saturated heterocycles. The molecule has 1 aromatic carbocycles. The molecular weight excluding hydrogens is 316 g/mol. The van der Waals surface area contributed by atoms with Crippen LogP contribution in [0.4, 0.5) is 0 Å². The number of aromatic nitrogens is 2. The van der Waals surface area contributed by atoms with Crippen LogP contribution in [0.5, 0.6) is 5.75 Å². The molecule has 0 fully saturated rings. The van der Waals surface area contributed by atoms with E-state index in [1.807, 2.05) is 29.6 Å². The van der Waals surface area contributed by atoms with Gasteiger partial charge in [-0.05, 0) is 42.2 Å². The molecule has 0 aliphatic heterocycles. The van der Waals surface area contributed by atoms with Gasteiger partial charge < -0.3 is 4.74 Å². The largest absolute Gasteiger partial charge is 0.494 e. The zero-order chi connectivity index (χ0) is 16.9. The number of ether oxygens (including phenoxy) is 1. The Morgan fingerprint density at radius 1 is 0.833 bits per heavy atom. The summed E-state index contributed by atoms with van der Waals surface area (Å²) in [5.74, 6) is 0.942. The monoisotopic (exact) mass is 346 g/mol. The van der Waals surface area contributed by atoms with Gasteiger partial charge in [-0.3, -0.25) is 0 Å². The van der Waals surface area contributed by atoms with Gasteiger partial charge in [0.15, 0.2) is 0 Å². The van der Waals surface area contributed by atoms with Crippen LogP contribution in [0.2, 0.25) is 0 Å². The summed E-state index contributed by atoms with van der Waals surface area (Å²) in [4.78, 5) is 0. The molecule has 0 aliphatic rings. The first-order valence-corrected chi connectivity index (χ1v) is 10.2. The SMILES string of the molecule is CCCCCCCCCCCCOc1ccc(-c2csnn2)cc1. The van der Waals surface area contributed by atoms with Gasteiger partial charge in [0.25, 0.3) is 0 Å². The smallest absolute Gasteiger partial charge is 0.119 e. The fourth-order valence-corrected chi connectivity index (χ4v) is 3.26. The molecule has 2 rings (SSSR count). The Labute approximate surface area is 150 Å². The van der Waals surface area contributed by atoms with E-state index in [9.17, 15) is 0 Å². The lowest BCUT2D eigenvalue weighted by atomic mass is 10.1. The van der Waals surface area contributed by atoms with Crippen LogP contribution in [0.15, 0.2) is 29.6 Å². The van der Waals surface area contributed by atoms with Crippen molar-refractivity contribution in [2.24, 2.45) is 0 Å². The minimum Gasteiger partial charge on any atom is -0.494 e. The molecular formula is C20H30N2OS. The van der Waals surface area contributed by atoms with E-state index in [2.05, 4.69) is 16.5 Å². The molecule has 132 valence electrons. The lowest BCUT2D eigenvalue weighted by Gasteiger charge is -2.07. The fourth-order valence-electron chi connectivity index (χ4n) is 2.79. The number of benzene rings is 1. The van der Waals surface area contributed by atoms with Gasteiger partial charge in [-0.15, -0.1) is 5.10 Å². The van der Waals surface area contributed by atoms with Crippen LogP contribution in [-0.2, 0) is 0 Å². The van der Waals surface area contributed by atoms with Crippen molar-refractivity contribution < 1.29 is 4.74 Å². The Morgan fingerprint density at radius 2 is 1.46 bits per heavy atom. The van der Waals surface area contributed by atoms with Gasteiger partial charge in [-0.25, -0.2) is 0 Å². The first-order chi connectivity index (χ1) is 11.9.